The number of hydrogen-bond donors (Lipinski definition) is 0. The number of benzene rings is 1. The fourth-order valence-corrected chi connectivity index (χ4v) is 4.84. The van der Waals surface area contributed by atoms with Crippen molar-refractivity contribution in [2.24, 2.45) is 7.05 Å². The van der Waals surface area contributed by atoms with Crippen molar-refractivity contribution in [2.45, 2.75) is 19.9 Å². The predicted octanol–water partition coefficient (Wildman–Crippen LogP) is 3.06. The number of ether oxygens (including phenoxy) is 1. The van der Waals surface area contributed by atoms with Crippen LogP contribution in [0.25, 0.3) is 22.3 Å². The summed E-state index contributed by atoms with van der Waals surface area (Å²) >= 11 is 1.66. The Kier molecular flexibility index (Phi) is 5.76. The van der Waals surface area contributed by atoms with E-state index in [9.17, 15) is 9.59 Å². The molecule has 1 aromatic carbocycles. The second kappa shape index (κ2) is 8.47. The van der Waals surface area contributed by atoms with E-state index in [-0.39, 0.29) is 11.9 Å². The Morgan fingerprint density at radius 1 is 1.27 bits per heavy atom. The summed E-state index contributed by atoms with van der Waals surface area (Å²) in [4.78, 5) is 32.6. The van der Waals surface area contributed by atoms with Crippen LogP contribution in [0.1, 0.15) is 23.0 Å². The van der Waals surface area contributed by atoms with Gasteiger partial charge >= 0.3 is 5.97 Å². The van der Waals surface area contributed by atoms with Crippen LogP contribution in [0.3, 0.4) is 0 Å². The van der Waals surface area contributed by atoms with Gasteiger partial charge in [0.15, 0.2) is 5.65 Å². The predicted molar refractivity (Wildman–Crippen MR) is 117 cm³/mol. The van der Waals surface area contributed by atoms with Gasteiger partial charge in [0.25, 0.3) is 5.91 Å². The third-order valence-corrected chi connectivity index (χ3v) is 6.24. The molecule has 0 bridgehead atoms. The van der Waals surface area contributed by atoms with Crippen LogP contribution in [0, 0.1) is 6.92 Å². The highest BCUT2D eigenvalue weighted by Crippen LogP contribution is 2.29. The molecule has 0 radical (unpaired) electrons. The first kappa shape index (κ1) is 20.4. The Balaban J connectivity index is 1.84. The van der Waals surface area contributed by atoms with Crippen molar-refractivity contribution >= 4 is 34.7 Å². The molecule has 0 N–H and O–H groups in total. The standard InChI is InChI=1S/C22H24N4O3S/c1-4-29-22(28)18-13-30-11-10-26(18)21(27)16-12-17(15-8-6-5-7-9-15)23-20-19(16)14(2)24-25(20)3/h5-9,12,18H,4,10-11,13H2,1-3H3/t18-/m0/s1. The van der Waals surface area contributed by atoms with Crippen LogP contribution < -0.4 is 0 Å². The van der Waals surface area contributed by atoms with E-state index in [1.54, 1.807) is 28.3 Å². The minimum absolute atomic E-state index is 0.186. The number of esters is 1. The van der Waals surface area contributed by atoms with Crippen LogP contribution in [0.15, 0.2) is 36.4 Å². The van der Waals surface area contributed by atoms with Gasteiger partial charge in [0, 0.05) is 30.7 Å². The molecule has 0 saturated carbocycles. The van der Waals surface area contributed by atoms with Crippen LogP contribution in [-0.2, 0) is 16.6 Å². The van der Waals surface area contributed by atoms with Crippen molar-refractivity contribution in [3.8, 4) is 11.3 Å². The van der Waals surface area contributed by atoms with E-state index in [1.165, 1.54) is 0 Å². The van der Waals surface area contributed by atoms with Crippen LogP contribution in [-0.4, -0.2) is 62.2 Å². The summed E-state index contributed by atoms with van der Waals surface area (Å²) in [5.41, 5.74) is 3.53. The molecule has 4 rings (SSSR count). The fraction of sp³-hybridized carbons (Fsp3) is 0.364. The number of hydrogen-bond acceptors (Lipinski definition) is 6. The van der Waals surface area contributed by atoms with Gasteiger partial charge < -0.3 is 9.64 Å². The highest BCUT2D eigenvalue weighted by atomic mass is 32.2. The van der Waals surface area contributed by atoms with Crippen molar-refractivity contribution in [3.05, 3.63) is 47.7 Å². The number of pyridine rings is 1. The minimum atomic E-state index is -0.587. The van der Waals surface area contributed by atoms with Crippen LogP contribution in [0.5, 0.6) is 0 Å². The second-order valence-corrected chi connectivity index (χ2v) is 8.32. The van der Waals surface area contributed by atoms with Gasteiger partial charge in [-0.15, -0.1) is 0 Å². The summed E-state index contributed by atoms with van der Waals surface area (Å²) in [5, 5.41) is 5.21. The van der Waals surface area contributed by atoms with Crippen molar-refractivity contribution < 1.29 is 14.3 Å². The Morgan fingerprint density at radius 2 is 2.03 bits per heavy atom. The quantitative estimate of drug-likeness (QED) is 0.599. The summed E-state index contributed by atoms with van der Waals surface area (Å²) in [6, 6.07) is 11.0. The molecule has 7 nitrogen and oxygen atoms in total. The highest BCUT2D eigenvalue weighted by molar-refractivity contribution is 7.99. The Bertz CT molecular complexity index is 1100. The SMILES string of the molecule is CCOC(=O)[C@@H]1CSCCN1C(=O)c1cc(-c2ccccc2)nc2c1c(C)nn2C. The zero-order chi connectivity index (χ0) is 21.3. The maximum Gasteiger partial charge on any atom is 0.329 e. The molecule has 0 aliphatic carbocycles. The fourth-order valence-electron chi connectivity index (χ4n) is 3.81. The zero-order valence-corrected chi connectivity index (χ0v) is 18.1. The molecule has 1 aliphatic heterocycles. The van der Waals surface area contributed by atoms with Gasteiger partial charge in [-0.05, 0) is 19.9 Å². The monoisotopic (exact) mass is 424 g/mol. The lowest BCUT2D eigenvalue weighted by molar-refractivity contribution is -0.147. The lowest BCUT2D eigenvalue weighted by atomic mass is 10.0. The molecule has 0 spiro atoms. The first-order valence-corrected chi connectivity index (χ1v) is 11.1. The molecular formula is C22H24N4O3S. The van der Waals surface area contributed by atoms with Gasteiger partial charge in [-0.1, -0.05) is 30.3 Å². The molecule has 1 aliphatic rings. The zero-order valence-electron chi connectivity index (χ0n) is 17.3. The number of aryl methyl sites for hydroxylation is 2. The molecule has 3 heterocycles. The molecule has 156 valence electrons. The van der Waals surface area contributed by atoms with Crippen molar-refractivity contribution in [3.63, 3.8) is 0 Å². The third kappa shape index (κ3) is 3.67. The normalized spacial score (nSPS) is 16.6. The van der Waals surface area contributed by atoms with Crippen LogP contribution in [0.4, 0.5) is 0 Å². The number of rotatable bonds is 4. The largest absolute Gasteiger partial charge is 0.464 e. The Hall–Kier alpha value is -2.87. The lowest BCUT2D eigenvalue weighted by Crippen LogP contribution is -2.51. The van der Waals surface area contributed by atoms with Gasteiger partial charge in [0.1, 0.15) is 6.04 Å². The summed E-state index contributed by atoms with van der Waals surface area (Å²) in [6.45, 7) is 4.44. The number of carbonyl (C=O) groups is 2. The number of aromatic nitrogens is 3. The number of fused-ring (bicyclic) bond motifs is 1. The molecule has 2 aromatic heterocycles. The van der Waals surface area contributed by atoms with Gasteiger partial charge in [-0.3, -0.25) is 9.48 Å². The van der Waals surface area contributed by atoms with Crippen molar-refractivity contribution in [1.82, 2.24) is 19.7 Å². The molecule has 1 atom stereocenters. The van der Waals surface area contributed by atoms with E-state index in [4.69, 9.17) is 9.72 Å². The van der Waals surface area contributed by atoms with Gasteiger partial charge in [-0.2, -0.15) is 16.9 Å². The van der Waals surface area contributed by atoms with E-state index in [1.807, 2.05) is 50.4 Å². The van der Waals surface area contributed by atoms with Crippen LogP contribution in [0.2, 0.25) is 0 Å². The van der Waals surface area contributed by atoms with Crippen LogP contribution >= 0.6 is 11.8 Å². The maximum atomic E-state index is 13.7. The Morgan fingerprint density at radius 3 is 2.77 bits per heavy atom. The Labute approximate surface area is 179 Å². The molecule has 0 unspecified atom stereocenters. The number of thioether (sulfide) groups is 1. The summed E-state index contributed by atoms with van der Waals surface area (Å²) in [7, 11) is 1.82. The molecule has 3 aromatic rings. The molecule has 8 heteroatoms. The third-order valence-electron chi connectivity index (χ3n) is 5.22. The van der Waals surface area contributed by atoms with Gasteiger partial charge in [0.05, 0.1) is 28.9 Å². The highest BCUT2D eigenvalue weighted by Gasteiger charge is 2.35. The van der Waals surface area contributed by atoms with Crippen molar-refractivity contribution in [1.29, 1.82) is 0 Å². The first-order chi connectivity index (χ1) is 14.5. The van der Waals surface area contributed by atoms with E-state index in [0.717, 1.165) is 22.4 Å². The number of nitrogens with zero attached hydrogens (tertiary/aromatic N) is 4. The van der Waals surface area contributed by atoms with Gasteiger partial charge in [0.2, 0.25) is 0 Å². The summed E-state index contributed by atoms with van der Waals surface area (Å²) < 4.78 is 6.93. The molecule has 30 heavy (non-hydrogen) atoms. The summed E-state index contributed by atoms with van der Waals surface area (Å²) in [6.07, 6.45) is 0. The van der Waals surface area contributed by atoms with E-state index in [2.05, 4.69) is 5.10 Å². The van der Waals surface area contributed by atoms with E-state index >= 15 is 0 Å². The number of amides is 1. The molecule has 1 amide bonds. The van der Waals surface area contributed by atoms with Gasteiger partial charge in [-0.25, -0.2) is 9.78 Å². The average molecular weight is 425 g/mol. The second-order valence-electron chi connectivity index (χ2n) is 7.17. The molecule has 1 fully saturated rings. The van der Waals surface area contributed by atoms with Crippen molar-refractivity contribution in [2.75, 3.05) is 24.7 Å². The number of carbonyl (C=O) groups excluding carboxylic acids is 2. The topological polar surface area (TPSA) is 77.3 Å². The minimum Gasteiger partial charge on any atom is -0.464 e. The average Bonchev–Trinajstić information content (AvgIpc) is 3.07. The lowest BCUT2D eigenvalue weighted by Gasteiger charge is -2.34. The molecular weight excluding hydrogens is 400 g/mol. The maximum absolute atomic E-state index is 13.7. The first-order valence-electron chi connectivity index (χ1n) is 9.96. The smallest absolute Gasteiger partial charge is 0.329 e. The summed E-state index contributed by atoms with van der Waals surface area (Å²) in [5.74, 6) is 0.785. The van der Waals surface area contributed by atoms with E-state index in [0.29, 0.717) is 35.8 Å². The molecule has 1 saturated heterocycles. The van der Waals surface area contributed by atoms with E-state index < -0.39 is 6.04 Å².